The Kier molecular flexibility index (Phi) is 10.9. The predicted octanol–water partition coefficient (Wildman–Crippen LogP) is 6.91. The molecule has 45 heavy (non-hydrogen) atoms. The fourth-order valence-corrected chi connectivity index (χ4v) is 4.58. The second-order valence-corrected chi connectivity index (χ2v) is 11.7. The lowest BCUT2D eigenvalue weighted by atomic mass is 9.92. The van der Waals surface area contributed by atoms with Crippen LogP contribution in [-0.2, 0) is 5.41 Å². The highest BCUT2D eigenvalue weighted by Crippen LogP contribution is 2.28. The van der Waals surface area contributed by atoms with Gasteiger partial charge in [-0.25, -0.2) is 13.9 Å². The van der Waals surface area contributed by atoms with Crippen LogP contribution < -0.4 is 20.7 Å². The minimum atomic E-state index is -0.653. The summed E-state index contributed by atoms with van der Waals surface area (Å²) < 4.78 is 22.2. The number of aromatic nitrogens is 3. The number of nitrogens with zero attached hydrogens (tertiary/aromatic N) is 4. The molecule has 0 bridgehead atoms. The van der Waals surface area contributed by atoms with E-state index in [-0.39, 0.29) is 22.8 Å². The summed E-state index contributed by atoms with van der Waals surface area (Å²) in [6.45, 7) is 15.6. The van der Waals surface area contributed by atoms with Gasteiger partial charge < -0.3 is 20.3 Å². The second kappa shape index (κ2) is 14.8. The molecule has 0 spiro atoms. The van der Waals surface area contributed by atoms with Crippen molar-refractivity contribution >= 4 is 23.4 Å². The molecule has 0 radical (unpaired) electrons. The van der Waals surface area contributed by atoms with Crippen LogP contribution in [0.1, 0.15) is 62.8 Å². The van der Waals surface area contributed by atoms with Gasteiger partial charge in [-0.2, -0.15) is 5.10 Å². The van der Waals surface area contributed by atoms with Crippen LogP contribution in [-0.4, -0.2) is 57.8 Å². The molecule has 0 unspecified atom stereocenters. The molecule has 0 atom stereocenters. The van der Waals surface area contributed by atoms with Crippen LogP contribution in [0.2, 0.25) is 0 Å². The van der Waals surface area contributed by atoms with Crippen LogP contribution in [0.15, 0.2) is 66.9 Å². The molecule has 11 heteroatoms. The lowest BCUT2D eigenvalue weighted by Gasteiger charge is -2.17. The summed E-state index contributed by atoms with van der Waals surface area (Å²) in [5.41, 5.74) is 2.37. The number of aryl methyl sites for hydroxylation is 1. The van der Waals surface area contributed by atoms with Crippen molar-refractivity contribution in [1.82, 2.24) is 25.0 Å². The Hall–Kier alpha value is -4.77. The summed E-state index contributed by atoms with van der Waals surface area (Å²) in [6.07, 6.45) is 2.48. The third-order valence-electron chi connectivity index (χ3n) is 7.22. The third-order valence-corrected chi connectivity index (χ3v) is 7.22. The average molecular weight is 616 g/mol. The van der Waals surface area contributed by atoms with E-state index in [9.17, 15) is 14.0 Å². The van der Waals surface area contributed by atoms with E-state index in [0.29, 0.717) is 29.4 Å². The maximum atomic E-state index is 14.9. The van der Waals surface area contributed by atoms with Crippen molar-refractivity contribution in [3.63, 3.8) is 0 Å². The molecule has 0 saturated heterocycles. The van der Waals surface area contributed by atoms with Crippen molar-refractivity contribution in [2.24, 2.45) is 0 Å². The van der Waals surface area contributed by atoms with E-state index in [4.69, 9.17) is 9.84 Å². The van der Waals surface area contributed by atoms with Crippen LogP contribution in [0.5, 0.6) is 11.5 Å². The van der Waals surface area contributed by atoms with E-state index in [1.165, 1.54) is 12.1 Å². The molecular weight excluding hydrogens is 573 g/mol. The Morgan fingerprint density at radius 2 is 1.67 bits per heavy atom. The van der Waals surface area contributed by atoms with Gasteiger partial charge in [0.05, 0.1) is 17.1 Å². The SMILES string of the molecule is CCN(CC)CCCNC(=O)c1ccc(-n2nc(C(C)(C)C)cc2NC(=O)Nc2ccc(Oc3ccnc(C)c3)cc2F)cc1. The van der Waals surface area contributed by atoms with Crippen LogP contribution in [0.3, 0.4) is 0 Å². The topological polar surface area (TPSA) is 113 Å². The molecule has 0 fully saturated rings. The van der Waals surface area contributed by atoms with Crippen molar-refractivity contribution in [2.45, 2.75) is 53.4 Å². The first-order chi connectivity index (χ1) is 21.5. The van der Waals surface area contributed by atoms with E-state index in [1.54, 1.807) is 59.4 Å². The minimum Gasteiger partial charge on any atom is -0.457 e. The van der Waals surface area contributed by atoms with Gasteiger partial charge in [-0.3, -0.25) is 15.1 Å². The highest BCUT2D eigenvalue weighted by atomic mass is 19.1. The number of anilines is 2. The van der Waals surface area contributed by atoms with E-state index in [2.05, 4.69) is 39.7 Å². The third kappa shape index (κ3) is 9.12. The molecule has 238 valence electrons. The molecule has 0 aliphatic rings. The van der Waals surface area contributed by atoms with Crippen LogP contribution in [0, 0.1) is 12.7 Å². The molecule has 2 aromatic heterocycles. The van der Waals surface area contributed by atoms with Gasteiger partial charge in [0.25, 0.3) is 5.91 Å². The number of nitrogens with one attached hydrogen (secondary N) is 3. The Bertz CT molecular complexity index is 1610. The normalized spacial score (nSPS) is 11.4. The zero-order chi connectivity index (χ0) is 32.6. The van der Waals surface area contributed by atoms with E-state index < -0.39 is 11.8 Å². The summed E-state index contributed by atoms with van der Waals surface area (Å²) >= 11 is 0. The monoisotopic (exact) mass is 615 g/mol. The zero-order valence-electron chi connectivity index (χ0n) is 26.8. The number of carbonyl (C=O) groups excluding carboxylic acids is 2. The molecule has 2 aromatic carbocycles. The summed E-state index contributed by atoms with van der Waals surface area (Å²) in [4.78, 5) is 32.1. The highest BCUT2D eigenvalue weighted by molar-refractivity contribution is 5.99. The van der Waals surface area contributed by atoms with E-state index >= 15 is 0 Å². The summed E-state index contributed by atoms with van der Waals surface area (Å²) in [6, 6.07) is 15.8. The van der Waals surface area contributed by atoms with Crippen molar-refractivity contribution in [3.8, 4) is 17.2 Å². The molecule has 4 rings (SSSR count). The molecule has 0 aliphatic carbocycles. The first-order valence-corrected chi connectivity index (χ1v) is 15.2. The standard InChI is InChI=1S/C34H42FN7O3/c1-7-41(8-2)19-9-17-37-32(43)24-10-12-25(13-11-24)42-31(22-30(40-42)34(4,5)6)39-33(44)38-29-15-14-26(21-28(29)35)45-27-16-18-36-23(3)20-27/h10-16,18,20-22H,7-9,17,19H2,1-6H3,(H,37,43)(H2,38,39,44). The molecule has 2 heterocycles. The number of urea groups is 1. The molecule has 3 amide bonds. The Labute approximate surface area is 264 Å². The smallest absolute Gasteiger partial charge is 0.324 e. The largest absolute Gasteiger partial charge is 0.457 e. The first kappa shape index (κ1) is 33.1. The number of rotatable bonds is 12. The molecular formula is C34H42FN7O3. The van der Waals surface area contributed by atoms with Gasteiger partial charge >= 0.3 is 6.03 Å². The van der Waals surface area contributed by atoms with Gasteiger partial charge in [0.1, 0.15) is 23.1 Å². The fourth-order valence-electron chi connectivity index (χ4n) is 4.58. The van der Waals surface area contributed by atoms with Crippen LogP contribution in [0.4, 0.5) is 20.7 Å². The van der Waals surface area contributed by atoms with Gasteiger partial charge in [-0.05, 0) is 75.4 Å². The number of pyridine rings is 1. The van der Waals surface area contributed by atoms with E-state index in [1.807, 2.05) is 27.7 Å². The number of hydrogen-bond acceptors (Lipinski definition) is 6. The van der Waals surface area contributed by atoms with Crippen molar-refractivity contribution in [1.29, 1.82) is 0 Å². The summed E-state index contributed by atoms with van der Waals surface area (Å²) in [5, 5.41) is 13.1. The molecule has 0 saturated carbocycles. The van der Waals surface area contributed by atoms with E-state index in [0.717, 1.165) is 37.4 Å². The van der Waals surface area contributed by atoms with Crippen molar-refractivity contribution in [3.05, 3.63) is 89.6 Å². The fraction of sp³-hybridized carbons (Fsp3) is 0.353. The second-order valence-electron chi connectivity index (χ2n) is 11.7. The lowest BCUT2D eigenvalue weighted by Crippen LogP contribution is -2.29. The van der Waals surface area contributed by atoms with Crippen LogP contribution >= 0.6 is 0 Å². The predicted molar refractivity (Wildman–Crippen MR) is 175 cm³/mol. The minimum absolute atomic E-state index is 0.0136. The number of hydrogen-bond donors (Lipinski definition) is 3. The van der Waals surface area contributed by atoms with Crippen molar-refractivity contribution in [2.75, 3.05) is 36.8 Å². The first-order valence-electron chi connectivity index (χ1n) is 15.2. The van der Waals surface area contributed by atoms with Gasteiger partial charge in [0.2, 0.25) is 0 Å². The quantitative estimate of drug-likeness (QED) is 0.149. The van der Waals surface area contributed by atoms with Gasteiger partial charge in [-0.1, -0.05) is 34.6 Å². The van der Waals surface area contributed by atoms with Crippen molar-refractivity contribution < 1.29 is 18.7 Å². The molecule has 4 aromatic rings. The molecule has 3 N–H and O–H groups in total. The Balaban J connectivity index is 1.44. The van der Waals surface area contributed by atoms with Crippen LogP contribution in [0.25, 0.3) is 5.69 Å². The number of carbonyl (C=O) groups is 2. The summed E-state index contributed by atoms with van der Waals surface area (Å²) in [7, 11) is 0. The highest BCUT2D eigenvalue weighted by Gasteiger charge is 2.22. The number of benzene rings is 2. The van der Waals surface area contributed by atoms with Gasteiger partial charge in [0.15, 0.2) is 0 Å². The van der Waals surface area contributed by atoms with Gasteiger partial charge in [0, 0.05) is 47.6 Å². The maximum Gasteiger partial charge on any atom is 0.324 e. The Morgan fingerprint density at radius 3 is 2.31 bits per heavy atom. The lowest BCUT2D eigenvalue weighted by molar-refractivity contribution is 0.0951. The zero-order valence-corrected chi connectivity index (χ0v) is 26.8. The number of amides is 3. The summed E-state index contributed by atoms with van der Waals surface area (Å²) in [5.74, 6) is 0.402. The van der Waals surface area contributed by atoms with Gasteiger partial charge in [-0.15, -0.1) is 0 Å². The average Bonchev–Trinajstić information content (AvgIpc) is 3.43. The number of ether oxygens (including phenoxy) is 1. The number of halogens is 1. The molecule has 10 nitrogen and oxygen atoms in total. The maximum absolute atomic E-state index is 14.9. The molecule has 0 aliphatic heterocycles. The Morgan fingerprint density at radius 1 is 0.956 bits per heavy atom.